The van der Waals surface area contributed by atoms with E-state index in [0.29, 0.717) is 0 Å². The molecule has 1 aromatic heterocycles. The maximum absolute atomic E-state index is 9.18. The topological polar surface area (TPSA) is 38.0 Å². The van der Waals surface area contributed by atoms with Gasteiger partial charge >= 0.3 is 0 Å². The number of aliphatic hydroxyl groups is 1. The molecular weight excluding hydrogens is 284 g/mol. The molecule has 1 N–H and O–H groups in total. The van der Waals surface area contributed by atoms with Gasteiger partial charge in [-0.05, 0) is 52.8 Å². The van der Waals surface area contributed by atoms with Crippen LogP contribution in [0.15, 0.2) is 54.7 Å². The fourth-order valence-electron chi connectivity index (χ4n) is 3.42. The van der Waals surface area contributed by atoms with Crippen LogP contribution in [0.3, 0.4) is 0 Å². The first kappa shape index (κ1) is 14.2. The molecule has 0 saturated carbocycles. The zero-order chi connectivity index (χ0) is 15.6. The first-order valence-electron chi connectivity index (χ1n) is 8.18. The number of fused-ring (bicyclic) bond motifs is 2. The van der Waals surface area contributed by atoms with Crippen LogP contribution in [0.2, 0.25) is 0 Å². The van der Waals surface area contributed by atoms with Crippen molar-refractivity contribution in [2.75, 3.05) is 6.61 Å². The van der Waals surface area contributed by atoms with Crippen molar-refractivity contribution in [1.29, 1.82) is 0 Å². The van der Waals surface area contributed by atoms with E-state index >= 15 is 0 Å². The normalized spacial score (nSPS) is 16.0. The Kier molecular flexibility index (Phi) is 3.72. The van der Waals surface area contributed by atoms with Gasteiger partial charge in [-0.3, -0.25) is 4.68 Å². The summed E-state index contributed by atoms with van der Waals surface area (Å²) in [6.07, 6.45) is 7.29. The fraction of sp³-hybridized carbons (Fsp3) is 0.250. The molecule has 0 radical (unpaired) electrons. The molecule has 3 nitrogen and oxygen atoms in total. The molecule has 0 atom stereocenters. The molecule has 1 heterocycles. The van der Waals surface area contributed by atoms with Crippen LogP contribution in [0.5, 0.6) is 0 Å². The summed E-state index contributed by atoms with van der Waals surface area (Å²) < 4.78 is 2.03. The second-order valence-electron chi connectivity index (χ2n) is 6.15. The van der Waals surface area contributed by atoms with Gasteiger partial charge in [-0.2, -0.15) is 5.10 Å². The van der Waals surface area contributed by atoms with Gasteiger partial charge in [0.05, 0.1) is 18.8 Å². The highest BCUT2D eigenvalue weighted by molar-refractivity contribution is 5.83. The zero-order valence-corrected chi connectivity index (χ0v) is 13.1. The van der Waals surface area contributed by atoms with Gasteiger partial charge < -0.3 is 5.11 Å². The molecule has 1 aliphatic rings. The Balaban J connectivity index is 1.65. The van der Waals surface area contributed by atoms with Gasteiger partial charge in [0, 0.05) is 6.20 Å². The Morgan fingerprint density at radius 3 is 2.83 bits per heavy atom. The van der Waals surface area contributed by atoms with Crippen LogP contribution in [0, 0.1) is 0 Å². The number of benzene rings is 2. The van der Waals surface area contributed by atoms with Gasteiger partial charge in [0.2, 0.25) is 0 Å². The Bertz CT molecular complexity index is 876. The summed E-state index contributed by atoms with van der Waals surface area (Å²) in [4.78, 5) is 0. The largest absolute Gasteiger partial charge is 0.392 e. The van der Waals surface area contributed by atoms with Crippen molar-refractivity contribution in [3.8, 4) is 0 Å². The standard InChI is InChI=1S/C20H20N2O/c23-11-10-17-6-3-7-19-14-22(21-20(17)19)13-15-8-9-16-4-1-2-5-18(16)12-15/h1-2,4-5,8-10,12,14,23H,3,6-7,11,13H2/b17-10+. The van der Waals surface area contributed by atoms with Crippen LogP contribution in [0.4, 0.5) is 0 Å². The SMILES string of the molecule is OC/C=C1\CCCc2cn(Cc3ccc4ccccc4c3)nc21. The van der Waals surface area contributed by atoms with E-state index in [1.165, 1.54) is 27.5 Å². The second-order valence-corrected chi connectivity index (χ2v) is 6.15. The average Bonchev–Trinajstić information content (AvgIpc) is 2.98. The summed E-state index contributed by atoms with van der Waals surface area (Å²) in [5.74, 6) is 0. The van der Waals surface area contributed by atoms with E-state index in [1.807, 2.05) is 10.8 Å². The maximum atomic E-state index is 9.18. The number of nitrogens with zero attached hydrogens (tertiary/aromatic N) is 2. The highest BCUT2D eigenvalue weighted by Crippen LogP contribution is 2.29. The van der Waals surface area contributed by atoms with Gasteiger partial charge in [-0.15, -0.1) is 0 Å². The molecule has 2 aromatic carbocycles. The molecule has 0 fully saturated rings. The minimum atomic E-state index is 0.0896. The first-order valence-corrected chi connectivity index (χ1v) is 8.18. The molecule has 3 heteroatoms. The summed E-state index contributed by atoms with van der Waals surface area (Å²) >= 11 is 0. The van der Waals surface area contributed by atoms with Gasteiger partial charge in [-0.25, -0.2) is 0 Å². The van der Waals surface area contributed by atoms with Crippen molar-refractivity contribution in [2.45, 2.75) is 25.8 Å². The number of hydrogen-bond donors (Lipinski definition) is 1. The van der Waals surface area contributed by atoms with Crippen LogP contribution in [-0.2, 0) is 13.0 Å². The van der Waals surface area contributed by atoms with Crippen LogP contribution in [0.1, 0.15) is 29.7 Å². The molecule has 3 aromatic rings. The van der Waals surface area contributed by atoms with Gasteiger partial charge in [0.15, 0.2) is 0 Å². The number of aromatic nitrogens is 2. The lowest BCUT2D eigenvalue weighted by molar-refractivity contribution is 0.343. The van der Waals surface area contributed by atoms with Crippen molar-refractivity contribution < 1.29 is 5.11 Å². The van der Waals surface area contributed by atoms with E-state index in [4.69, 9.17) is 5.10 Å². The minimum absolute atomic E-state index is 0.0896. The molecule has 23 heavy (non-hydrogen) atoms. The Morgan fingerprint density at radius 1 is 1.09 bits per heavy atom. The van der Waals surface area contributed by atoms with Gasteiger partial charge in [0.1, 0.15) is 0 Å². The summed E-state index contributed by atoms with van der Waals surface area (Å²) in [5.41, 5.74) is 4.82. The molecule has 0 bridgehead atoms. The molecule has 1 aliphatic carbocycles. The summed E-state index contributed by atoms with van der Waals surface area (Å²) in [6, 6.07) is 15.0. The molecule has 4 rings (SSSR count). The first-order chi connectivity index (χ1) is 11.3. The Morgan fingerprint density at radius 2 is 1.96 bits per heavy atom. The second kappa shape index (κ2) is 6.01. The lowest BCUT2D eigenvalue weighted by Crippen LogP contribution is -2.02. The van der Waals surface area contributed by atoms with Crippen molar-refractivity contribution in [3.05, 3.63) is 71.6 Å². The van der Waals surface area contributed by atoms with E-state index in [-0.39, 0.29) is 6.61 Å². The lowest BCUT2D eigenvalue weighted by atomic mass is 9.93. The number of hydrogen-bond acceptors (Lipinski definition) is 2. The molecule has 0 saturated heterocycles. The molecule has 116 valence electrons. The van der Waals surface area contributed by atoms with E-state index < -0.39 is 0 Å². The average molecular weight is 304 g/mol. The monoisotopic (exact) mass is 304 g/mol. The Hall–Kier alpha value is -2.39. The van der Waals surface area contributed by atoms with Crippen LogP contribution in [-0.4, -0.2) is 21.5 Å². The number of aliphatic hydroxyl groups excluding tert-OH is 1. The van der Waals surface area contributed by atoms with Gasteiger partial charge in [0.25, 0.3) is 0 Å². The highest BCUT2D eigenvalue weighted by atomic mass is 16.2. The number of rotatable bonds is 3. The van der Waals surface area contributed by atoms with Crippen molar-refractivity contribution in [3.63, 3.8) is 0 Å². The third-order valence-electron chi connectivity index (χ3n) is 4.53. The summed E-state index contributed by atoms with van der Waals surface area (Å²) in [7, 11) is 0. The van der Waals surface area contributed by atoms with E-state index in [9.17, 15) is 5.11 Å². The fourth-order valence-corrected chi connectivity index (χ4v) is 3.42. The number of allylic oxidation sites excluding steroid dienone is 1. The van der Waals surface area contributed by atoms with E-state index in [0.717, 1.165) is 31.5 Å². The molecule has 0 aliphatic heterocycles. The van der Waals surface area contributed by atoms with E-state index in [1.54, 1.807) is 0 Å². The maximum Gasteiger partial charge on any atom is 0.0912 e. The lowest BCUT2D eigenvalue weighted by Gasteiger charge is -2.12. The molecule has 0 spiro atoms. The quantitative estimate of drug-likeness (QED) is 0.799. The summed E-state index contributed by atoms with van der Waals surface area (Å²) in [6.45, 7) is 0.872. The van der Waals surface area contributed by atoms with E-state index in [2.05, 4.69) is 48.7 Å². The van der Waals surface area contributed by atoms with Crippen molar-refractivity contribution in [2.24, 2.45) is 0 Å². The zero-order valence-electron chi connectivity index (χ0n) is 13.1. The minimum Gasteiger partial charge on any atom is -0.392 e. The van der Waals surface area contributed by atoms with Crippen LogP contribution >= 0.6 is 0 Å². The molecular formula is C20H20N2O. The smallest absolute Gasteiger partial charge is 0.0912 e. The van der Waals surface area contributed by atoms with Crippen LogP contribution < -0.4 is 0 Å². The van der Waals surface area contributed by atoms with Gasteiger partial charge in [-0.1, -0.05) is 42.5 Å². The van der Waals surface area contributed by atoms with Crippen molar-refractivity contribution >= 4 is 16.3 Å². The third-order valence-corrected chi connectivity index (χ3v) is 4.53. The summed E-state index contributed by atoms with van der Waals surface area (Å²) in [5, 5.41) is 16.5. The molecule has 0 amide bonds. The highest BCUT2D eigenvalue weighted by Gasteiger charge is 2.18. The molecule has 0 unspecified atom stereocenters. The van der Waals surface area contributed by atoms with Crippen molar-refractivity contribution in [1.82, 2.24) is 9.78 Å². The van der Waals surface area contributed by atoms with Crippen LogP contribution in [0.25, 0.3) is 16.3 Å². The predicted octanol–water partition coefficient (Wildman–Crippen LogP) is 3.80. The number of aryl methyl sites for hydroxylation is 1. The third kappa shape index (κ3) is 2.80. The Labute approximate surface area is 135 Å². The predicted molar refractivity (Wildman–Crippen MR) is 93.3 cm³/mol.